The Labute approximate surface area is 122 Å². The molecule has 1 N–H and O–H groups in total. The molecule has 2 aromatic rings. The molecule has 1 aliphatic rings. The highest BCUT2D eigenvalue weighted by atomic mass is 35.5. The molecule has 3 rings (SSSR count). The molecule has 0 radical (unpaired) electrons. The summed E-state index contributed by atoms with van der Waals surface area (Å²) in [6, 6.07) is 10.8. The van der Waals surface area contributed by atoms with E-state index in [1.807, 2.05) is 12.1 Å². The van der Waals surface area contributed by atoms with Crippen LogP contribution in [-0.2, 0) is 6.42 Å². The standard InChI is InChI=1S/C16H15ClFNO/c1-10-5-6-15-11(7-10)8-12(20-15)9-19-16-13(17)3-2-4-14(16)18/h2-7,12,19H,8-9H2,1H3. The van der Waals surface area contributed by atoms with Crippen LogP contribution >= 0.6 is 11.6 Å². The zero-order valence-corrected chi connectivity index (χ0v) is 11.9. The second-order valence-corrected chi connectivity index (χ2v) is 5.44. The van der Waals surface area contributed by atoms with E-state index >= 15 is 0 Å². The molecule has 20 heavy (non-hydrogen) atoms. The minimum atomic E-state index is -0.344. The molecule has 0 saturated carbocycles. The van der Waals surface area contributed by atoms with Gasteiger partial charge in [-0.25, -0.2) is 4.39 Å². The van der Waals surface area contributed by atoms with Gasteiger partial charge in [-0.1, -0.05) is 35.4 Å². The predicted octanol–water partition coefficient (Wildman–Crippen LogP) is 4.20. The number of aryl methyl sites for hydroxylation is 1. The summed E-state index contributed by atoms with van der Waals surface area (Å²) in [5, 5.41) is 3.43. The van der Waals surface area contributed by atoms with Gasteiger partial charge in [-0.05, 0) is 30.7 Å². The van der Waals surface area contributed by atoms with Crippen molar-refractivity contribution in [2.75, 3.05) is 11.9 Å². The molecular weight excluding hydrogens is 277 g/mol. The van der Waals surface area contributed by atoms with Crippen molar-refractivity contribution in [3.05, 3.63) is 58.4 Å². The van der Waals surface area contributed by atoms with Gasteiger partial charge in [0.1, 0.15) is 17.7 Å². The second kappa shape index (κ2) is 5.33. The third kappa shape index (κ3) is 2.59. The highest BCUT2D eigenvalue weighted by Crippen LogP contribution is 2.30. The Morgan fingerprint density at radius 1 is 1.35 bits per heavy atom. The number of hydrogen-bond donors (Lipinski definition) is 1. The minimum Gasteiger partial charge on any atom is -0.488 e. The monoisotopic (exact) mass is 291 g/mol. The van der Waals surface area contributed by atoms with Crippen molar-refractivity contribution in [1.82, 2.24) is 0 Å². The highest BCUT2D eigenvalue weighted by Gasteiger charge is 2.23. The van der Waals surface area contributed by atoms with E-state index in [1.54, 1.807) is 12.1 Å². The summed E-state index contributed by atoms with van der Waals surface area (Å²) in [7, 11) is 0. The quantitative estimate of drug-likeness (QED) is 0.915. The second-order valence-electron chi connectivity index (χ2n) is 5.03. The molecule has 0 aliphatic carbocycles. The van der Waals surface area contributed by atoms with Gasteiger partial charge in [0.15, 0.2) is 0 Å². The number of para-hydroxylation sites is 1. The van der Waals surface area contributed by atoms with Crippen molar-refractivity contribution in [2.24, 2.45) is 0 Å². The van der Waals surface area contributed by atoms with E-state index in [2.05, 4.69) is 18.3 Å². The first-order valence-electron chi connectivity index (χ1n) is 6.57. The van der Waals surface area contributed by atoms with E-state index in [9.17, 15) is 4.39 Å². The molecule has 104 valence electrons. The van der Waals surface area contributed by atoms with Gasteiger partial charge < -0.3 is 10.1 Å². The summed E-state index contributed by atoms with van der Waals surface area (Å²) in [6.45, 7) is 2.58. The van der Waals surface area contributed by atoms with Crippen molar-refractivity contribution in [3.8, 4) is 5.75 Å². The Morgan fingerprint density at radius 3 is 3.00 bits per heavy atom. The molecule has 1 aliphatic heterocycles. The van der Waals surface area contributed by atoms with Gasteiger partial charge >= 0.3 is 0 Å². The predicted molar refractivity (Wildman–Crippen MR) is 79.2 cm³/mol. The Bertz CT molecular complexity index is 624. The maximum Gasteiger partial charge on any atom is 0.147 e. The molecule has 2 nitrogen and oxygen atoms in total. The molecule has 1 atom stereocenters. The molecule has 2 aromatic carbocycles. The molecule has 0 bridgehead atoms. The van der Waals surface area contributed by atoms with Gasteiger partial charge in [0.2, 0.25) is 0 Å². The third-order valence-electron chi connectivity index (χ3n) is 3.43. The van der Waals surface area contributed by atoms with Crippen LogP contribution in [0.5, 0.6) is 5.75 Å². The van der Waals surface area contributed by atoms with Crippen LogP contribution in [-0.4, -0.2) is 12.6 Å². The largest absolute Gasteiger partial charge is 0.488 e. The molecule has 4 heteroatoms. The van der Waals surface area contributed by atoms with Crippen LogP contribution in [0.1, 0.15) is 11.1 Å². The average molecular weight is 292 g/mol. The Morgan fingerprint density at radius 2 is 2.20 bits per heavy atom. The topological polar surface area (TPSA) is 21.3 Å². The molecule has 0 fully saturated rings. The van der Waals surface area contributed by atoms with Gasteiger partial charge in [-0.15, -0.1) is 0 Å². The van der Waals surface area contributed by atoms with Crippen LogP contribution in [0.4, 0.5) is 10.1 Å². The summed E-state index contributed by atoms with van der Waals surface area (Å²) in [4.78, 5) is 0. The number of nitrogens with one attached hydrogen (secondary N) is 1. The number of halogens is 2. The first-order valence-corrected chi connectivity index (χ1v) is 6.95. The fourth-order valence-corrected chi connectivity index (χ4v) is 2.68. The summed E-state index contributed by atoms with van der Waals surface area (Å²) in [5.41, 5.74) is 2.76. The number of rotatable bonds is 3. The van der Waals surface area contributed by atoms with Crippen LogP contribution in [0, 0.1) is 12.7 Å². The van der Waals surface area contributed by atoms with E-state index in [4.69, 9.17) is 16.3 Å². The van der Waals surface area contributed by atoms with Crippen molar-refractivity contribution < 1.29 is 9.13 Å². The van der Waals surface area contributed by atoms with E-state index in [-0.39, 0.29) is 11.9 Å². The van der Waals surface area contributed by atoms with Crippen LogP contribution in [0.25, 0.3) is 0 Å². The zero-order chi connectivity index (χ0) is 14.1. The molecule has 1 heterocycles. The molecule has 1 unspecified atom stereocenters. The lowest BCUT2D eigenvalue weighted by Gasteiger charge is -2.14. The zero-order valence-electron chi connectivity index (χ0n) is 11.1. The van der Waals surface area contributed by atoms with Gasteiger partial charge in [0.25, 0.3) is 0 Å². The minimum absolute atomic E-state index is 0.00229. The number of fused-ring (bicyclic) bond motifs is 1. The maximum absolute atomic E-state index is 13.7. The summed E-state index contributed by atoms with van der Waals surface area (Å²) in [5.74, 6) is 0.575. The van der Waals surface area contributed by atoms with Crippen molar-refractivity contribution in [1.29, 1.82) is 0 Å². The van der Waals surface area contributed by atoms with Crippen molar-refractivity contribution >= 4 is 17.3 Å². The van der Waals surface area contributed by atoms with Gasteiger partial charge in [0.05, 0.1) is 17.3 Å². The van der Waals surface area contributed by atoms with Crippen LogP contribution in [0.3, 0.4) is 0 Å². The van der Waals surface area contributed by atoms with E-state index in [0.29, 0.717) is 17.3 Å². The Balaban J connectivity index is 1.67. The van der Waals surface area contributed by atoms with E-state index in [1.165, 1.54) is 17.2 Å². The normalized spacial score (nSPS) is 16.6. The lowest BCUT2D eigenvalue weighted by molar-refractivity contribution is 0.246. The van der Waals surface area contributed by atoms with Crippen molar-refractivity contribution in [2.45, 2.75) is 19.4 Å². The van der Waals surface area contributed by atoms with Crippen molar-refractivity contribution in [3.63, 3.8) is 0 Å². The lowest BCUT2D eigenvalue weighted by Crippen LogP contribution is -2.24. The number of ether oxygens (including phenoxy) is 1. The first-order chi connectivity index (χ1) is 9.63. The number of anilines is 1. The van der Waals surface area contributed by atoms with Crippen LogP contribution in [0.15, 0.2) is 36.4 Å². The molecule has 0 amide bonds. The smallest absolute Gasteiger partial charge is 0.147 e. The third-order valence-corrected chi connectivity index (χ3v) is 3.74. The van der Waals surface area contributed by atoms with Crippen LogP contribution < -0.4 is 10.1 Å². The lowest BCUT2D eigenvalue weighted by atomic mass is 10.1. The number of benzene rings is 2. The molecule has 0 aromatic heterocycles. The molecule has 0 spiro atoms. The molecular formula is C16H15ClFNO. The SMILES string of the molecule is Cc1ccc2c(c1)CC(CNc1c(F)cccc1Cl)O2. The summed E-state index contributed by atoms with van der Waals surface area (Å²) < 4.78 is 19.5. The fourth-order valence-electron chi connectivity index (χ4n) is 2.45. The Hall–Kier alpha value is -1.74. The summed E-state index contributed by atoms with van der Waals surface area (Å²) >= 11 is 5.98. The maximum atomic E-state index is 13.7. The van der Waals surface area contributed by atoms with Crippen LogP contribution in [0.2, 0.25) is 5.02 Å². The number of hydrogen-bond acceptors (Lipinski definition) is 2. The first kappa shape index (κ1) is 13.3. The van der Waals surface area contributed by atoms with Gasteiger partial charge in [0, 0.05) is 6.42 Å². The van der Waals surface area contributed by atoms with Gasteiger partial charge in [-0.2, -0.15) is 0 Å². The summed E-state index contributed by atoms with van der Waals surface area (Å²) in [6.07, 6.45) is 0.832. The van der Waals surface area contributed by atoms with Gasteiger partial charge in [-0.3, -0.25) is 0 Å². The molecule has 0 saturated heterocycles. The average Bonchev–Trinajstić information content (AvgIpc) is 2.80. The van der Waals surface area contributed by atoms with E-state index in [0.717, 1.165) is 12.2 Å². The Kier molecular flexibility index (Phi) is 3.53. The fraction of sp³-hybridized carbons (Fsp3) is 0.250. The highest BCUT2D eigenvalue weighted by molar-refractivity contribution is 6.33. The van der Waals surface area contributed by atoms with E-state index < -0.39 is 0 Å².